The molecule has 0 bridgehead atoms. The number of hydrogen-bond donors (Lipinski definition) is 1. The highest BCUT2D eigenvalue weighted by Crippen LogP contribution is 2.39. The first-order chi connectivity index (χ1) is 13.4. The molecular weight excluding hydrogens is 380 g/mol. The topological polar surface area (TPSA) is 47.9 Å². The Morgan fingerprint density at radius 3 is 2.45 bits per heavy atom. The van der Waals surface area contributed by atoms with Crippen molar-refractivity contribution in [1.29, 1.82) is 0 Å². The lowest BCUT2D eigenvalue weighted by molar-refractivity contribution is -0.293. The molecule has 29 heavy (non-hydrogen) atoms. The third-order valence-electron chi connectivity index (χ3n) is 5.93. The average molecular weight is 421 g/mol. The van der Waals surface area contributed by atoms with Gasteiger partial charge in [-0.3, -0.25) is 0 Å². The van der Waals surface area contributed by atoms with Crippen molar-refractivity contribution in [3.05, 3.63) is 42.0 Å². The van der Waals surface area contributed by atoms with Gasteiger partial charge in [-0.1, -0.05) is 63.3 Å². The van der Waals surface area contributed by atoms with Crippen molar-refractivity contribution in [2.75, 3.05) is 6.61 Å². The Morgan fingerprint density at radius 2 is 1.86 bits per heavy atom. The van der Waals surface area contributed by atoms with Crippen LogP contribution >= 0.6 is 0 Å². The fraction of sp³-hybridized carbons (Fsp3) is 0.667. The summed E-state index contributed by atoms with van der Waals surface area (Å²) in [6.45, 7) is 15.3. The number of aliphatic hydroxyl groups is 1. The smallest absolute Gasteiger partial charge is 0.192 e. The van der Waals surface area contributed by atoms with Gasteiger partial charge in [-0.15, -0.1) is 0 Å². The molecule has 0 aromatic heterocycles. The minimum Gasteiger partial charge on any atom is -0.414 e. The highest BCUT2D eigenvalue weighted by molar-refractivity contribution is 6.74. The predicted molar refractivity (Wildman–Crippen MR) is 122 cm³/mol. The summed E-state index contributed by atoms with van der Waals surface area (Å²) < 4.78 is 19.0. The zero-order valence-corrected chi connectivity index (χ0v) is 20.3. The molecule has 1 fully saturated rings. The van der Waals surface area contributed by atoms with E-state index in [9.17, 15) is 5.11 Å². The third kappa shape index (κ3) is 7.65. The fourth-order valence-corrected chi connectivity index (χ4v) is 4.85. The summed E-state index contributed by atoms with van der Waals surface area (Å²) in [5, 5.41) is 9.73. The molecule has 0 unspecified atom stereocenters. The summed E-state index contributed by atoms with van der Waals surface area (Å²) in [5.41, 5.74) is 1.16. The lowest BCUT2D eigenvalue weighted by atomic mass is 10.0. The Bertz CT molecular complexity index is 649. The largest absolute Gasteiger partial charge is 0.414 e. The van der Waals surface area contributed by atoms with E-state index < -0.39 is 14.1 Å². The summed E-state index contributed by atoms with van der Waals surface area (Å²) in [5.74, 6) is -0.644. The second kappa shape index (κ2) is 9.88. The first kappa shape index (κ1) is 24.3. The first-order valence-electron chi connectivity index (χ1n) is 10.8. The summed E-state index contributed by atoms with van der Waals surface area (Å²) in [6, 6.07) is 10.3. The molecule has 1 heterocycles. The van der Waals surface area contributed by atoms with Gasteiger partial charge in [0.05, 0.1) is 12.2 Å². The number of aliphatic hydroxyl groups excluding tert-OH is 1. The summed E-state index contributed by atoms with van der Waals surface area (Å²) >= 11 is 0. The zero-order valence-electron chi connectivity index (χ0n) is 19.3. The van der Waals surface area contributed by atoms with Crippen molar-refractivity contribution in [2.45, 2.75) is 96.1 Å². The second-order valence-corrected chi connectivity index (χ2v) is 14.8. The van der Waals surface area contributed by atoms with Gasteiger partial charge in [-0.25, -0.2) is 0 Å². The molecule has 0 amide bonds. The average Bonchev–Trinajstić information content (AvgIpc) is 2.58. The minimum atomic E-state index is -1.91. The van der Waals surface area contributed by atoms with Crippen LogP contribution in [0.3, 0.4) is 0 Å². The number of ether oxygens (including phenoxy) is 2. The van der Waals surface area contributed by atoms with Crippen molar-refractivity contribution >= 4 is 14.4 Å². The molecule has 0 spiro atoms. The maximum Gasteiger partial charge on any atom is 0.192 e. The van der Waals surface area contributed by atoms with Crippen LogP contribution in [0.1, 0.15) is 59.4 Å². The highest BCUT2D eigenvalue weighted by atomic mass is 28.4. The molecule has 1 aromatic rings. The van der Waals surface area contributed by atoms with Gasteiger partial charge < -0.3 is 19.0 Å². The van der Waals surface area contributed by atoms with Crippen molar-refractivity contribution in [3.8, 4) is 0 Å². The van der Waals surface area contributed by atoms with Gasteiger partial charge in [0.15, 0.2) is 14.1 Å². The van der Waals surface area contributed by atoms with Crippen LogP contribution in [0.15, 0.2) is 36.4 Å². The Morgan fingerprint density at radius 1 is 1.21 bits per heavy atom. The Hall–Kier alpha value is -0.983. The molecule has 164 valence electrons. The molecule has 1 N–H and O–H groups in total. The molecule has 5 heteroatoms. The van der Waals surface area contributed by atoms with Gasteiger partial charge in [0.2, 0.25) is 0 Å². The Labute approximate surface area is 178 Å². The van der Waals surface area contributed by atoms with Crippen LogP contribution in [0.2, 0.25) is 18.1 Å². The highest BCUT2D eigenvalue weighted by Gasteiger charge is 2.41. The van der Waals surface area contributed by atoms with Gasteiger partial charge in [0.25, 0.3) is 0 Å². The van der Waals surface area contributed by atoms with Crippen LogP contribution in [0.4, 0.5) is 0 Å². The molecule has 1 aliphatic heterocycles. The summed E-state index contributed by atoms with van der Waals surface area (Å²) in [6.07, 6.45) is 6.46. The van der Waals surface area contributed by atoms with Crippen LogP contribution in [-0.4, -0.2) is 44.1 Å². The molecule has 3 atom stereocenters. The monoisotopic (exact) mass is 420 g/mol. The predicted octanol–water partition coefficient (Wildman–Crippen LogP) is 5.77. The maximum atomic E-state index is 9.59. The Kier molecular flexibility index (Phi) is 8.28. The van der Waals surface area contributed by atoms with E-state index in [1.807, 2.05) is 32.0 Å². The maximum absolute atomic E-state index is 9.59. The van der Waals surface area contributed by atoms with E-state index in [4.69, 9.17) is 13.9 Å². The standard InChI is InChI=1S/C24H40O4Si/c1-23(2,3)29(6,7)28-21(15-16-25)18-22-17-20(26-24(4,5)27-22)14-13-19-11-9-8-10-12-19/h8-14,20-22,25H,15-18H2,1-7H3/b14-13+/t20-,21-,22-/m0/s1. The Balaban J connectivity index is 2.07. The molecular formula is C24H40O4Si. The number of rotatable bonds is 8. The minimum absolute atomic E-state index is 0.00135. The second-order valence-electron chi connectivity index (χ2n) is 10.0. The molecule has 0 radical (unpaired) electrons. The molecule has 1 aromatic carbocycles. The lowest BCUT2D eigenvalue weighted by Crippen LogP contribution is -2.48. The fourth-order valence-electron chi connectivity index (χ4n) is 3.45. The van der Waals surface area contributed by atoms with E-state index in [1.54, 1.807) is 0 Å². The van der Waals surface area contributed by atoms with Gasteiger partial charge in [-0.2, -0.15) is 0 Å². The molecule has 1 aliphatic rings. The van der Waals surface area contributed by atoms with Crippen LogP contribution in [-0.2, 0) is 13.9 Å². The van der Waals surface area contributed by atoms with Crippen molar-refractivity contribution in [1.82, 2.24) is 0 Å². The zero-order chi connectivity index (χ0) is 21.7. The van der Waals surface area contributed by atoms with Crippen LogP contribution in [0, 0.1) is 0 Å². The van der Waals surface area contributed by atoms with Crippen molar-refractivity contribution in [2.24, 2.45) is 0 Å². The molecule has 0 saturated carbocycles. The van der Waals surface area contributed by atoms with Gasteiger partial charge in [-0.05, 0) is 50.4 Å². The van der Waals surface area contributed by atoms with Gasteiger partial charge >= 0.3 is 0 Å². The van der Waals surface area contributed by atoms with Crippen molar-refractivity contribution < 1.29 is 19.0 Å². The number of hydrogen-bond acceptors (Lipinski definition) is 4. The van der Waals surface area contributed by atoms with E-state index in [-0.39, 0.29) is 30.0 Å². The van der Waals surface area contributed by atoms with Gasteiger partial charge in [0, 0.05) is 19.1 Å². The summed E-state index contributed by atoms with van der Waals surface area (Å²) in [4.78, 5) is 0. The van der Waals surface area contributed by atoms with E-state index in [0.29, 0.717) is 6.42 Å². The molecule has 0 aliphatic carbocycles. The SMILES string of the molecule is CC1(C)O[C@H](C[C@H](CCO)O[Si](C)(C)C(C)(C)C)C[C@H](/C=C/c2ccccc2)O1. The lowest BCUT2D eigenvalue weighted by Gasteiger charge is -2.43. The van der Waals surface area contributed by atoms with E-state index in [0.717, 1.165) is 18.4 Å². The van der Waals surface area contributed by atoms with Crippen molar-refractivity contribution in [3.63, 3.8) is 0 Å². The van der Waals surface area contributed by atoms with E-state index in [1.165, 1.54) is 0 Å². The normalized spacial score (nSPS) is 24.0. The quantitative estimate of drug-likeness (QED) is 0.542. The summed E-state index contributed by atoms with van der Waals surface area (Å²) in [7, 11) is -1.91. The first-order valence-corrected chi connectivity index (χ1v) is 13.7. The molecule has 1 saturated heterocycles. The number of benzene rings is 1. The van der Waals surface area contributed by atoms with Crippen LogP contribution in [0.25, 0.3) is 6.08 Å². The van der Waals surface area contributed by atoms with Gasteiger partial charge in [0.1, 0.15) is 0 Å². The molecule has 4 nitrogen and oxygen atoms in total. The van der Waals surface area contributed by atoms with Crippen LogP contribution in [0.5, 0.6) is 0 Å². The molecule has 2 rings (SSSR count). The van der Waals surface area contributed by atoms with E-state index >= 15 is 0 Å². The van der Waals surface area contributed by atoms with E-state index in [2.05, 4.69) is 58.2 Å². The third-order valence-corrected chi connectivity index (χ3v) is 10.5. The van der Waals surface area contributed by atoms with Crippen LogP contribution < -0.4 is 0 Å².